The molecule has 2 aromatic heterocycles. The Hall–Kier alpha value is -3.24. The average Bonchev–Trinajstić information content (AvgIpc) is 3.44. The van der Waals surface area contributed by atoms with Crippen LogP contribution in [0.15, 0.2) is 24.8 Å². The van der Waals surface area contributed by atoms with Gasteiger partial charge in [0, 0.05) is 37.8 Å². The second kappa shape index (κ2) is 9.19. The van der Waals surface area contributed by atoms with Crippen LogP contribution in [0.2, 0.25) is 0 Å². The number of nitrogens with zero attached hydrogens (tertiary/aromatic N) is 6. The molecule has 3 atom stereocenters. The molecule has 2 aromatic rings. The van der Waals surface area contributed by atoms with Crippen molar-refractivity contribution < 1.29 is 18.0 Å². The van der Waals surface area contributed by atoms with Crippen molar-refractivity contribution in [1.29, 1.82) is 5.26 Å². The van der Waals surface area contributed by atoms with E-state index in [0.717, 1.165) is 31.6 Å². The van der Waals surface area contributed by atoms with Gasteiger partial charge in [-0.15, -0.1) is 0 Å². The zero-order valence-corrected chi connectivity index (χ0v) is 18.8. The maximum absolute atomic E-state index is 12.7. The molecule has 13 heteroatoms. The number of carbonyl (C=O) groups excluding carboxylic acids is 1. The van der Waals surface area contributed by atoms with Crippen LogP contribution in [0.5, 0.6) is 0 Å². The predicted octanol–water partition coefficient (Wildman–Crippen LogP) is 1.45. The van der Waals surface area contributed by atoms with Crippen LogP contribution in [-0.2, 0) is 5.54 Å². The van der Waals surface area contributed by atoms with Crippen molar-refractivity contribution in [2.24, 2.45) is 0 Å². The Morgan fingerprint density at radius 1 is 1.35 bits per heavy atom. The maximum Gasteiger partial charge on any atom is 0.408 e. The first-order valence-electron chi connectivity index (χ1n) is 11.0. The molecule has 2 saturated heterocycles. The molecule has 0 aliphatic carbocycles. The number of alkyl halides is 3. The number of amides is 1. The summed E-state index contributed by atoms with van der Waals surface area (Å²) in [6.07, 6.45) is 3.03. The quantitative estimate of drug-likeness (QED) is 0.548. The third kappa shape index (κ3) is 4.55. The van der Waals surface area contributed by atoms with Gasteiger partial charge in [0.05, 0.1) is 31.1 Å². The zero-order chi connectivity index (χ0) is 24.5. The number of hydrogen-bond acceptors (Lipinski definition) is 8. The fourth-order valence-electron chi connectivity index (χ4n) is 4.33. The van der Waals surface area contributed by atoms with Crippen LogP contribution in [0.3, 0.4) is 0 Å². The maximum atomic E-state index is 12.7. The first-order valence-corrected chi connectivity index (χ1v) is 11.0. The van der Waals surface area contributed by atoms with Crippen LogP contribution in [0.25, 0.3) is 0 Å². The lowest BCUT2D eigenvalue weighted by molar-refractivity contribution is -0.149. The third-order valence-electron chi connectivity index (χ3n) is 6.46. The summed E-state index contributed by atoms with van der Waals surface area (Å²) in [5, 5.41) is 15.8. The van der Waals surface area contributed by atoms with Gasteiger partial charge in [-0.1, -0.05) is 6.92 Å². The topological polar surface area (TPSA) is 124 Å². The van der Waals surface area contributed by atoms with Crippen molar-refractivity contribution in [3.63, 3.8) is 0 Å². The second-order valence-electron chi connectivity index (χ2n) is 8.78. The highest BCUT2D eigenvalue weighted by Crippen LogP contribution is 2.36. The first-order chi connectivity index (χ1) is 16.2. The van der Waals surface area contributed by atoms with Crippen LogP contribution in [0.1, 0.15) is 48.7 Å². The Morgan fingerprint density at radius 3 is 2.74 bits per heavy atom. The Bertz CT molecular complexity index is 1060. The lowest BCUT2D eigenvalue weighted by Crippen LogP contribution is -2.63. The SMILES string of the molecule is CCC1NNCC1c1cnn(C2(CC#N)CN(c3cnc(C(=O)N[C@@H](C)C(F)(F)F)cn3)C2)c1. The molecule has 1 amide bonds. The van der Waals surface area contributed by atoms with Gasteiger partial charge in [-0.25, -0.2) is 9.97 Å². The Morgan fingerprint density at radius 2 is 2.12 bits per heavy atom. The van der Waals surface area contributed by atoms with E-state index in [1.54, 1.807) is 0 Å². The summed E-state index contributed by atoms with van der Waals surface area (Å²) < 4.78 is 39.8. The number of carbonyl (C=O) groups is 1. The van der Waals surface area contributed by atoms with E-state index < -0.39 is 23.7 Å². The highest BCUT2D eigenvalue weighted by Gasteiger charge is 2.46. The van der Waals surface area contributed by atoms with Crippen LogP contribution >= 0.6 is 0 Å². The molecule has 0 aromatic carbocycles. The summed E-state index contributed by atoms with van der Waals surface area (Å²) in [5.74, 6) is -0.188. The van der Waals surface area contributed by atoms with Crippen LogP contribution in [-0.4, -0.2) is 63.5 Å². The minimum Gasteiger partial charge on any atom is -0.350 e. The standard InChI is InChI=1S/C21H26F3N9O/c1-3-16-15(7-28-31-16)14-6-29-33(10-14)20(4-5-25)11-32(12-20)18-9-26-17(8-27-18)19(34)30-13(2)21(22,23)24/h6,8-10,13,15-16,28,31H,3-4,7,11-12H2,1-2H3,(H,30,34)/t13-,15?,16?/m0/s1. The molecular weight excluding hydrogens is 451 g/mol. The van der Waals surface area contributed by atoms with Gasteiger partial charge >= 0.3 is 6.18 Å². The van der Waals surface area contributed by atoms with E-state index in [-0.39, 0.29) is 12.1 Å². The Labute approximate surface area is 194 Å². The fourth-order valence-corrected chi connectivity index (χ4v) is 4.33. The van der Waals surface area contributed by atoms with Gasteiger partial charge in [0.1, 0.15) is 23.1 Å². The summed E-state index contributed by atoms with van der Waals surface area (Å²) in [6, 6.07) is 0.559. The second-order valence-corrected chi connectivity index (χ2v) is 8.78. The molecule has 0 bridgehead atoms. The number of halogens is 3. The predicted molar refractivity (Wildman–Crippen MR) is 116 cm³/mol. The molecule has 2 fully saturated rings. The van der Waals surface area contributed by atoms with Gasteiger partial charge < -0.3 is 10.2 Å². The number of hydrogen-bond donors (Lipinski definition) is 3. The molecule has 4 rings (SSSR count). The molecule has 10 nitrogen and oxygen atoms in total. The highest BCUT2D eigenvalue weighted by atomic mass is 19.4. The summed E-state index contributed by atoms with van der Waals surface area (Å²) in [6.45, 7) is 4.71. The number of nitriles is 1. The monoisotopic (exact) mass is 477 g/mol. The largest absolute Gasteiger partial charge is 0.408 e. The number of nitrogens with one attached hydrogen (secondary N) is 3. The molecule has 2 unspecified atom stereocenters. The van der Waals surface area contributed by atoms with Gasteiger partial charge in [-0.2, -0.15) is 23.5 Å². The molecule has 0 saturated carbocycles. The van der Waals surface area contributed by atoms with E-state index in [1.807, 2.05) is 27.3 Å². The van der Waals surface area contributed by atoms with E-state index >= 15 is 0 Å². The van der Waals surface area contributed by atoms with Gasteiger partial charge in [-0.05, 0) is 18.9 Å². The molecule has 0 spiro atoms. The number of hydrazine groups is 1. The molecule has 2 aliphatic heterocycles. The molecular formula is C21H26F3N9O. The normalized spacial score (nSPS) is 22.6. The molecule has 182 valence electrons. The molecule has 4 heterocycles. The van der Waals surface area contributed by atoms with Crippen LogP contribution in [0, 0.1) is 11.3 Å². The van der Waals surface area contributed by atoms with Crippen molar-refractivity contribution in [3.05, 3.63) is 36.0 Å². The summed E-state index contributed by atoms with van der Waals surface area (Å²) in [4.78, 5) is 22.1. The molecule has 2 aliphatic rings. The first kappa shape index (κ1) is 23.9. The third-order valence-corrected chi connectivity index (χ3v) is 6.46. The lowest BCUT2D eigenvalue weighted by atomic mass is 9.86. The minimum atomic E-state index is -4.54. The highest BCUT2D eigenvalue weighted by molar-refractivity contribution is 5.92. The minimum absolute atomic E-state index is 0.204. The van der Waals surface area contributed by atoms with Crippen molar-refractivity contribution in [2.75, 3.05) is 24.5 Å². The molecule has 34 heavy (non-hydrogen) atoms. The Kier molecular flexibility index (Phi) is 6.46. The van der Waals surface area contributed by atoms with Crippen molar-refractivity contribution in [2.45, 2.75) is 56.4 Å². The van der Waals surface area contributed by atoms with Gasteiger partial charge in [0.15, 0.2) is 0 Å². The van der Waals surface area contributed by atoms with Crippen molar-refractivity contribution >= 4 is 11.7 Å². The fraction of sp³-hybridized carbons (Fsp3) is 0.571. The summed E-state index contributed by atoms with van der Waals surface area (Å²) >= 11 is 0. The number of aromatic nitrogens is 4. The van der Waals surface area contributed by atoms with Crippen molar-refractivity contribution in [1.82, 2.24) is 35.9 Å². The van der Waals surface area contributed by atoms with E-state index in [1.165, 1.54) is 6.20 Å². The van der Waals surface area contributed by atoms with Gasteiger partial charge in [0.25, 0.3) is 5.91 Å². The van der Waals surface area contributed by atoms with Crippen LogP contribution in [0.4, 0.5) is 19.0 Å². The van der Waals surface area contributed by atoms with Gasteiger partial charge in [0.2, 0.25) is 0 Å². The van der Waals surface area contributed by atoms with Crippen molar-refractivity contribution in [3.8, 4) is 6.07 Å². The number of rotatable bonds is 7. The van der Waals surface area contributed by atoms with E-state index in [0.29, 0.717) is 30.9 Å². The van der Waals surface area contributed by atoms with E-state index in [9.17, 15) is 23.2 Å². The molecule has 0 radical (unpaired) electrons. The van der Waals surface area contributed by atoms with Crippen LogP contribution < -0.4 is 21.1 Å². The average molecular weight is 477 g/mol. The van der Waals surface area contributed by atoms with E-state index in [4.69, 9.17) is 0 Å². The van der Waals surface area contributed by atoms with E-state index in [2.05, 4.69) is 38.9 Å². The summed E-state index contributed by atoms with van der Waals surface area (Å²) in [5.41, 5.74) is 6.83. The lowest BCUT2D eigenvalue weighted by Gasteiger charge is -2.49. The number of anilines is 1. The van der Waals surface area contributed by atoms with Gasteiger partial charge in [-0.3, -0.25) is 20.3 Å². The molecule has 3 N–H and O–H groups in total. The smallest absolute Gasteiger partial charge is 0.350 e. The summed E-state index contributed by atoms with van der Waals surface area (Å²) in [7, 11) is 0. The Balaban J connectivity index is 1.43. The zero-order valence-electron chi connectivity index (χ0n) is 18.8.